The summed E-state index contributed by atoms with van der Waals surface area (Å²) in [5.74, 6) is 0.0585. The summed E-state index contributed by atoms with van der Waals surface area (Å²) in [5.41, 5.74) is -0.0892. The Kier molecular flexibility index (Phi) is 7.12. The van der Waals surface area contributed by atoms with Crippen LogP contribution >= 0.6 is 0 Å². The van der Waals surface area contributed by atoms with Crippen LogP contribution in [0.15, 0.2) is 36.4 Å². The molecule has 0 unspecified atom stereocenters. The fourth-order valence-corrected chi connectivity index (χ4v) is 1.58. The smallest absolute Gasteiger partial charge is 0.412 e. The first-order valence-electron chi connectivity index (χ1n) is 7.37. The number of carbonyl (C=O) groups excluding carboxylic acids is 2. The van der Waals surface area contributed by atoms with E-state index < -0.39 is 17.7 Å². The third kappa shape index (κ3) is 7.90. The van der Waals surface area contributed by atoms with Crippen molar-refractivity contribution in [3.8, 4) is 5.75 Å². The van der Waals surface area contributed by atoms with Crippen LogP contribution in [0, 0.1) is 0 Å². The minimum Gasteiger partial charge on any atom is -0.487 e. The van der Waals surface area contributed by atoms with Gasteiger partial charge in [-0.3, -0.25) is 5.32 Å². The maximum atomic E-state index is 11.8. The molecule has 1 N–H and O–H groups in total. The van der Waals surface area contributed by atoms with E-state index in [4.69, 9.17) is 14.2 Å². The molecular formula is C17H23NO5. The van der Waals surface area contributed by atoms with Crippen molar-refractivity contribution >= 4 is 17.7 Å². The number of esters is 1. The average Bonchev–Trinajstić information content (AvgIpc) is 2.43. The van der Waals surface area contributed by atoms with E-state index in [1.807, 2.05) is 0 Å². The molecule has 0 aliphatic carbocycles. The molecule has 0 fully saturated rings. The van der Waals surface area contributed by atoms with E-state index in [0.717, 1.165) is 0 Å². The highest BCUT2D eigenvalue weighted by atomic mass is 16.6. The average molecular weight is 321 g/mol. The van der Waals surface area contributed by atoms with Crippen molar-refractivity contribution in [2.75, 3.05) is 18.5 Å². The Morgan fingerprint density at radius 3 is 2.57 bits per heavy atom. The van der Waals surface area contributed by atoms with Gasteiger partial charge in [-0.05, 0) is 45.9 Å². The van der Waals surface area contributed by atoms with Crippen LogP contribution in [-0.2, 0) is 14.3 Å². The van der Waals surface area contributed by atoms with Crippen molar-refractivity contribution in [3.63, 3.8) is 0 Å². The Balaban J connectivity index is 2.60. The number of rotatable bonds is 6. The molecule has 6 heteroatoms. The largest absolute Gasteiger partial charge is 0.487 e. The monoisotopic (exact) mass is 321 g/mol. The number of carbonyl (C=O) groups is 2. The zero-order valence-electron chi connectivity index (χ0n) is 13.9. The van der Waals surface area contributed by atoms with Gasteiger partial charge in [0.2, 0.25) is 0 Å². The Morgan fingerprint density at radius 2 is 1.91 bits per heavy atom. The summed E-state index contributed by atoms with van der Waals surface area (Å²) in [6.45, 7) is 7.60. The number of amides is 1. The molecule has 1 rings (SSSR count). The standard InChI is InChI=1S/C17H23NO5/c1-5-21-15(19)11-8-12-22-14-10-7-6-9-13(14)18-16(20)23-17(2,3)4/h6-11H,5,12H2,1-4H3,(H,18,20)/b11-8+. The number of nitrogens with one attached hydrogen (secondary N) is 1. The molecule has 0 aliphatic heterocycles. The van der Waals surface area contributed by atoms with Gasteiger partial charge in [-0.1, -0.05) is 12.1 Å². The van der Waals surface area contributed by atoms with Crippen molar-refractivity contribution < 1.29 is 23.8 Å². The molecular weight excluding hydrogens is 298 g/mol. The number of anilines is 1. The third-order valence-electron chi connectivity index (χ3n) is 2.40. The topological polar surface area (TPSA) is 73.9 Å². The summed E-state index contributed by atoms with van der Waals surface area (Å²) in [6, 6.07) is 6.97. The van der Waals surface area contributed by atoms with E-state index in [1.165, 1.54) is 6.08 Å². The molecule has 126 valence electrons. The van der Waals surface area contributed by atoms with Gasteiger partial charge in [0.15, 0.2) is 0 Å². The Morgan fingerprint density at radius 1 is 1.22 bits per heavy atom. The van der Waals surface area contributed by atoms with Crippen molar-refractivity contribution in [3.05, 3.63) is 36.4 Å². The molecule has 1 aromatic carbocycles. The summed E-state index contributed by atoms with van der Waals surface area (Å²) in [6.07, 6.45) is 2.28. The van der Waals surface area contributed by atoms with Crippen LogP contribution in [0.2, 0.25) is 0 Å². The van der Waals surface area contributed by atoms with Crippen LogP contribution in [0.3, 0.4) is 0 Å². The Bertz CT molecular complexity index is 560. The van der Waals surface area contributed by atoms with Gasteiger partial charge < -0.3 is 14.2 Å². The maximum Gasteiger partial charge on any atom is 0.412 e. The minimum atomic E-state index is -0.581. The predicted octanol–water partition coefficient (Wildman–Crippen LogP) is 3.53. The molecule has 0 spiro atoms. The SMILES string of the molecule is CCOC(=O)/C=C/COc1ccccc1NC(=O)OC(C)(C)C. The van der Waals surface area contributed by atoms with Crippen LogP contribution in [0.1, 0.15) is 27.7 Å². The highest BCUT2D eigenvalue weighted by molar-refractivity contribution is 5.87. The molecule has 0 saturated carbocycles. The fraction of sp³-hybridized carbons (Fsp3) is 0.412. The summed E-state index contributed by atoms with van der Waals surface area (Å²) >= 11 is 0. The first-order valence-corrected chi connectivity index (χ1v) is 7.37. The summed E-state index contributed by atoms with van der Waals surface area (Å²) in [4.78, 5) is 23.0. The molecule has 0 atom stereocenters. The van der Waals surface area contributed by atoms with E-state index in [9.17, 15) is 9.59 Å². The molecule has 0 aliphatic rings. The van der Waals surface area contributed by atoms with Gasteiger partial charge in [0.1, 0.15) is 18.0 Å². The zero-order chi connectivity index (χ0) is 17.3. The minimum absolute atomic E-state index is 0.172. The number of hydrogen-bond acceptors (Lipinski definition) is 5. The lowest BCUT2D eigenvalue weighted by Gasteiger charge is -2.20. The summed E-state index contributed by atoms with van der Waals surface area (Å²) < 4.78 is 15.5. The van der Waals surface area contributed by atoms with Crippen molar-refractivity contribution in [2.24, 2.45) is 0 Å². The molecule has 0 bridgehead atoms. The molecule has 23 heavy (non-hydrogen) atoms. The summed E-state index contributed by atoms with van der Waals surface area (Å²) in [5, 5.41) is 2.64. The van der Waals surface area contributed by atoms with Gasteiger partial charge in [0, 0.05) is 6.08 Å². The van der Waals surface area contributed by atoms with Crippen molar-refractivity contribution in [1.82, 2.24) is 0 Å². The number of hydrogen-bond donors (Lipinski definition) is 1. The van der Waals surface area contributed by atoms with Gasteiger partial charge in [0.25, 0.3) is 0 Å². The van der Waals surface area contributed by atoms with Crippen LogP contribution in [0.5, 0.6) is 5.75 Å². The first kappa shape index (κ1) is 18.5. The zero-order valence-corrected chi connectivity index (χ0v) is 13.9. The lowest BCUT2D eigenvalue weighted by atomic mass is 10.2. The number of ether oxygens (including phenoxy) is 3. The second-order valence-corrected chi connectivity index (χ2v) is 5.59. The van der Waals surface area contributed by atoms with E-state index in [2.05, 4.69) is 5.32 Å². The predicted molar refractivity (Wildman–Crippen MR) is 87.6 cm³/mol. The second-order valence-electron chi connectivity index (χ2n) is 5.59. The van der Waals surface area contributed by atoms with Gasteiger partial charge in [-0.25, -0.2) is 9.59 Å². The maximum absolute atomic E-state index is 11.8. The highest BCUT2D eigenvalue weighted by Gasteiger charge is 2.17. The Labute approximate surface area is 136 Å². The van der Waals surface area contributed by atoms with Crippen LogP contribution in [0.4, 0.5) is 10.5 Å². The third-order valence-corrected chi connectivity index (χ3v) is 2.40. The highest BCUT2D eigenvalue weighted by Crippen LogP contribution is 2.24. The van der Waals surface area contributed by atoms with E-state index in [1.54, 1.807) is 58.0 Å². The molecule has 0 saturated heterocycles. The quantitative estimate of drug-likeness (QED) is 0.641. The van der Waals surface area contributed by atoms with Crippen LogP contribution < -0.4 is 10.1 Å². The molecule has 1 aromatic rings. The lowest BCUT2D eigenvalue weighted by Crippen LogP contribution is -2.27. The van der Waals surface area contributed by atoms with Gasteiger partial charge >= 0.3 is 12.1 Å². The van der Waals surface area contributed by atoms with Gasteiger partial charge in [-0.2, -0.15) is 0 Å². The van der Waals surface area contributed by atoms with E-state index in [-0.39, 0.29) is 6.61 Å². The first-order chi connectivity index (χ1) is 10.8. The molecule has 0 heterocycles. The van der Waals surface area contributed by atoms with Crippen LogP contribution in [0.25, 0.3) is 0 Å². The molecule has 1 amide bonds. The fourth-order valence-electron chi connectivity index (χ4n) is 1.58. The van der Waals surface area contributed by atoms with Gasteiger partial charge in [0.05, 0.1) is 12.3 Å². The van der Waals surface area contributed by atoms with Gasteiger partial charge in [-0.15, -0.1) is 0 Å². The van der Waals surface area contributed by atoms with Crippen LogP contribution in [-0.4, -0.2) is 30.9 Å². The number of para-hydroxylation sites is 2. The number of benzene rings is 1. The second kappa shape index (κ2) is 8.82. The van der Waals surface area contributed by atoms with Crippen molar-refractivity contribution in [1.29, 1.82) is 0 Å². The molecule has 0 aromatic heterocycles. The lowest BCUT2D eigenvalue weighted by molar-refractivity contribution is -0.137. The normalized spacial score (nSPS) is 11.1. The molecule has 6 nitrogen and oxygen atoms in total. The Hall–Kier alpha value is -2.50. The molecule has 0 radical (unpaired) electrons. The van der Waals surface area contributed by atoms with Crippen molar-refractivity contribution in [2.45, 2.75) is 33.3 Å². The van der Waals surface area contributed by atoms with E-state index >= 15 is 0 Å². The van der Waals surface area contributed by atoms with E-state index in [0.29, 0.717) is 18.0 Å². The summed E-state index contributed by atoms with van der Waals surface area (Å²) in [7, 11) is 0.